The van der Waals surface area contributed by atoms with Gasteiger partial charge in [0.15, 0.2) is 0 Å². The van der Waals surface area contributed by atoms with Crippen molar-refractivity contribution in [3.8, 4) is 23.0 Å². The topological polar surface area (TPSA) is 61.6 Å². The minimum Gasteiger partial charge on any atom is -1.00 e. The van der Waals surface area contributed by atoms with E-state index in [0.29, 0.717) is 35.3 Å². The molecule has 6 nitrogen and oxygen atoms in total. The molecule has 0 heterocycles. The third kappa shape index (κ3) is 20.0. The van der Waals surface area contributed by atoms with Crippen molar-refractivity contribution in [3.63, 3.8) is 0 Å². The van der Waals surface area contributed by atoms with E-state index >= 15 is 0 Å². The van der Waals surface area contributed by atoms with Crippen LogP contribution in [0.5, 0.6) is 23.0 Å². The second-order valence-corrected chi connectivity index (χ2v) is 27.8. The Bertz CT molecular complexity index is 2440. The standard InChI is InChI=1S/C50H44N2O4P4S2.CH2Cl2.Ag.6FH.Sb/c61-59(53-43-25-9-1-10-26-43,54-44-27-11-2-12-28-44)51-57(47-33-17-5-18-34-47,48-35-19-6-20-36-48)41-42-58(49-37-21-7-22-38-49,50-39-23-8-24-40-50)52-60(62,55-45-29-13-3-14-30-45)56-46-31-15-4-16-32-46;2-1-3;;;;;;;;/h1-40H,41-42H2;1H2;;6*1H;/q;;+1;;;;;;;+5/p-6. The van der Waals surface area contributed by atoms with Gasteiger partial charge in [0.1, 0.15) is 56.5 Å². The maximum Gasteiger partial charge on any atom is 5.00 e. The van der Waals surface area contributed by atoms with Crippen LogP contribution in [-0.4, -0.2) is 42.1 Å². The number of hydrogen-bond donors (Lipinski definition) is 0. The molecule has 388 valence electrons. The number of alkyl halides is 2. The average Bonchev–Trinajstić information content (AvgIpc) is 3.35. The first-order valence-electron chi connectivity index (χ1n) is 20.6. The van der Waals surface area contributed by atoms with Crippen molar-refractivity contribution < 1.29 is 68.7 Å². The summed E-state index contributed by atoms with van der Waals surface area (Å²) >= 11 is 22.7. The average molecular weight is 1350 g/mol. The van der Waals surface area contributed by atoms with Gasteiger partial charge in [0.2, 0.25) is 28.2 Å². The second kappa shape index (κ2) is 35.9. The molecular weight excluding hydrogens is 1310 g/mol. The molecule has 0 fully saturated rings. The number of rotatable bonds is 17. The molecule has 0 spiro atoms. The predicted molar refractivity (Wildman–Crippen MR) is 292 cm³/mol. The summed E-state index contributed by atoms with van der Waals surface area (Å²) in [6.07, 6.45) is 1.06. The molecule has 0 unspecified atom stereocenters. The zero-order valence-corrected chi connectivity index (χ0v) is 48.9. The monoisotopic (exact) mass is 1350 g/mol. The molecule has 0 saturated carbocycles. The molecule has 0 radical (unpaired) electrons. The van der Waals surface area contributed by atoms with E-state index in [2.05, 4.69) is 97.1 Å². The van der Waals surface area contributed by atoms with E-state index in [4.69, 9.17) is 74.8 Å². The van der Waals surface area contributed by atoms with Crippen molar-refractivity contribution in [2.75, 3.05) is 17.7 Å². The molecule has 8 rings (SSSR count). The summed E-state index contributed by atoms with van der Waals surface area (Å²) in [4.78, 5) is 0. The van der Waals surface area contributed by atoms with Crippen LogP contribution in [0, 0.1) is 0 Å². The van der Waals surface area contributed by atoms with Crippen LogP contribution in [-0.2, 0) is 46.9 Å². The predicted octanol–water partition coefficient (Wildman–Crippen LogP) is -3.48. The van der Waals surface area contributed by atoms with Crippen LogP contribution in [0.1, 0.15) is 0 Å². The maximum atomic E-state index is 6.82. The Hall–Kier alpha value is -3.30. The van der Waals surface area contributed by atoms with Gasteiger partial charge in [-0.3, -0.25) is 0 Å². The molecule has 0 aliphatic rings. The van der Waals surface area contributed by atoms with E-state index in [1.54, 1.807) is 0 Å². The van der Waals surface area contributed by atoms with Crippen LogP contribution in [0.3, 0.4) is 0 Å². The summed E-state index contributed by atoms with van der Waals surface area (Å²) in [7, 11) is -5.89. The molecule has 0 atom stereocenters. The van der Waals surface area contributed by atoms with E-state index in [0.717, 1.165) is 21.2 Å². The Balaban J connectivity index is 0. The van der Waals surface area contributed by atoms with Crippen LogP contribution >= 0.6 is 51.4 Å². The second-order valence-electron chi connectivity index (χ2n) is 14.2. The quantitative estimate of drug-likeness (QED) is 0.0311. The Labute approximate surface area is 478 Å². The van der Waals surface area contributed by atoms with E-state index in [9.17, 15) is 0 Å². The van der Waals surface area contributed by atoms with Crippen LogP contribution < -0.4 is 67.5 Å². The normalized spacial score (nSPS) is 10.3. The molecule has 8 aromatic rings. The van der Waals surface area contributed by atoms with Crippen LogP contribution in [0.4, 0.5) is 0 Å². The minimum atomic E-state index is -3.55. The molecule has 8 aromatic carbocycles. The van der Waals surface area contributed by atoms with Gasteiger partial charge in [-0.2, -0.15) is 0 Å². The zero-order valence-electron chi connectivity index (χ0n) is 38.1. The van der Waals surface area contributed by atoms with Crippen molar-refractivity contribution >= 4 is 122 Å². The van der Waals surface area contributed by atoms with Crippen LogP contribution in [0.2, 0.25) is 0 Å². The molecule has 0 saturated heterocycles. The smallest absolute Gasteiger partial charge is 1.00 e. The summed E-state index contributed by atoms with van der Waals surface area (Å²) in [5.74, 6) is 2.32. The number of halogens is 8. The van der Waals surface area contributed by atoms with E-state index in [1.165, 1.54) is 0 Å². The molecule has 22 heteroatoms. The Morgan fingerprint density at radius 2 is 0.479 bits per heavy atom. The van der Waals surface area contributed by atoms with Gasteiger partial charge < -0.3 is 70.8 Å². The first kappa shape index (κ1) is 71.8. The van der Waals surface area contributed by atoms with Crippen molar-refractivity contribution in [2.45, 2.75) is 0 Å². The number of para-hydroxylation sites is 4. The third-order valence-corrected chi connectivity index (χ3v) is 24.7. The first-order chi connectivity index (χ1) is 31.8. The summed E-state index contributed by atoms with van der Waals surface area (Å²) < 4.78 is 39.0. The van der Waals surface area contributed by atoms with Crippen molar-refractivity contribution in [1.82, 2.24) is 0 Å². The van der Waals surface area contributed by atoms with Crippen LogP contribution in [0.25, 0.3) is 0 Å². The van der Waals surface area contributed by atoms with Gasteiger partial charge >= 0.3 is 46.8 Å². The van der Waals surface area contributed by atoms with Gasteiger partial charge in [0, 0.05) is 0 Å². The molecular formula is C51H46AgCl2F6N2O4P4S2Sb. The van der Waals surface area contributed by atoms with Gasteiger partial charge in [-0.05, 0) is 97.1 Å². The van der Waals surface area contributed by atoms with Gasteiger partial charge in [-0.1, -0.05) is 155 Å². The Kier molecular flexibility index (Phi) is 35.3. The largest absolute Gasteiger partial charge is 5.00 e. The molecule has 0 bridgehead atoms. The van der Waals surface area contributed by atoms with Gasteiger partial charge in [0.05, 0.1) is 5.34 Å². The molecule has 0 aromatic heterocycles. The Morgan fingerprint density at radius 3 is 0.644 bits per heavy atom. The third-order valence-electron chi connectivity index (χ3n) is 9.86. The summed E-state index contributed by atoms with van der Waals surface area (Å²) in [5.41, 5.74) is 0. The number of hydrogen-bond acceptors (Lipinski definition) is 8. The Morgan fingerprint density at radius 1 is 0.329 bits per heavy atom. The summed E-state index contributed by atoms with van der Waals surface area (Å²) in [6, 6.07) is 80.1. The van der Waals surface area contributed by atoms with Crippen molar-refractivity contribution in [1.29, 1.82) is 0 Å². The van der Waals surface area contributed by atoms with E-state index in [-0.39, 0.29) is 80.4 Å². The molecule has 0 aliphatic carbocycles. The van der Waals surface area contributed by atoms with Crippen molar-refractivity contribution in [3.05, 3.63) is 243 Å². The van der Waals surface area contributed by atoms with Crippen molar-refractivity contribution in [2.24, 2.45) is 9.03 Å². The fourth-order valence-electron chi connectivity index (χ4n) is 7.04. The first-order valence-corrected chi connectivity index (χ1v) is 30.7. The van der Waals surface area contributed by atoms with E-state index < -0.39 is 28.2 Å². The molecule has 0 aliphatic heterocycles. The summed E-state index contributed by atoms with van der Waals surface area (Å²) in [5, 5.41) is 4.34. The number of benzene rings is 8. The van der Waals surface area contributed by atoms with Gasteiger partial charge in [0.25, 0.3) is 0 Å². The van der Waals surface area contributed by atoms with Crippen LogP contribution in [0.15, 0.2) is 252 Å². The number of nitrogens with zero attached hydrogens (tertiary/aromatic N) is 2. The summed E-state index contributed by atoms with van der Waals surface area (Å²) in [6.45, 7) is -7.10. The fourth-order valence-corrected chi connectivity index (χ4v) is 24.5. The molecule has 73 heavy (non-hydrogen) atoms. The molecule has 0 N–H and O–H groups in total. The zero-order chi connectivity index (χ0) is 45.3. The van der Waals surface area contributed by atoms with Gasteiger partial charge in [-0.25, -0.2) is 0 Å². The minimum absolute atomic E-state index is 0. The maximum absolute atomic E-state index is 6.82. The fraction of sp³-hybridized carbons (Fsp3) is 0.0588. The van der Waals surface area contributed by atoms with Gasteiger partial charge in [-0.15, -0.1) is 23.2 Å². The molecule has 0 amide bonds. The van der Waals surface area contributed by atoms with E-state index in [1.807, 2.05) is 146 Å². The SMILES string of the molecule is ClCCl.[Ag+].[F-].[F-].[F-].[F-].[F-].[F-].[S-]P(=N[P+](CC[P+](N=P([S-])(Oc1ccccc1)Oc1ccccc1)(c1ccccc1)c1ccccc1)(c1ccccc1)c1ccccc1)(Oc1ccccc1)Oc1ccccc1.[Sb+5].